The number of hydrogen-bond acceptors (Lipinski definition) is 5. The number of furan rings is 1. The van der Waals surface area contributed by atoms with Crippen molar-refractivity contribution in [2.75, 3.05) is 6.54 Å². The summed E-state index contributed by atoms with van der Waals surface area (Å²) in [6.45, 7) is 1.62. The van der Waals surface area contributed by atoms with Crippen LogP contribution in [0.2, 0.25) is 0 Å². The van der Waals surface area contributed by atoms with Crippen molar-refractivity contribution in [2.45, 2.75) is 24.5 Å². The van der Waals surface area contributed by atoms with E-state index in [-0.39, 0.29) is 17.3 Å². The zero-order valence-corrected chi connectivity index (χ0v) is 16.6. The smallest absolute Gasteiger partial charge is 0.238 e. The lowest BCUT2D eigenvalue weighted by molar-refractivity contribution is -0.122. The van der Waals surface area contributed by atoms with Gasteiger partial charge in [0, 0.05) is 13.1 Å². The third-order valence-electron chi connectivity index (χ3n) is 4.32. The lowest BCUT2D eigenvalue weighted by Crippen LogP contribution is -2.36. The lowest BCUT2D eigenvalue weighted by Gasteiger charge is -2.21. The van der Waals surface area contributed by atoms with Crippen molar-refractivity contribution in [3.63, 3.8) is 0 Å². The van der Waals surface area contributed by atoms with Crippen LogP contribution in [0.1, 0.15) is 16.9 Å². The molecule has 0 aliphatic heterocycles. The molecule has 2 aromatic carbocycles. The van der Waals surface area contributed by atoms with E-state index in [4.69, 9.17) is 9.56 Å². The van der Waals surface area contributed by atoms with Crippen LogP contribution in [0.4, 0.5) is 0 Å². The Morgan fingerprint density at radius 1 is 0.931 bits per heavy atom. The molecule has 0 fully saturated rings. The summed E-state index contributed by atoms with van der Waals surface area (Å²) >= 11 is 0. The molecule has 7 nitrogen and oxygen atoms in total. The molecule has 0 aliphatic carbocycles. The minimum Gasteiger partial charge on any atom is -0.468 e. The fraction of sp³-hybridized carbons (Fsp3) is 0.190. The summed E-state index contributed by atoms with van der Waals surface area (Å²) in [6.07, 6.45) is 1.61. The first kappa shape index (κ1) is 20.8. The Morgan fingerprint density at radius 2 is 1.66 bits per heavy atom. The van der Waals surface area contributed by atoms with Crippen molar-refractivity contribution >= 4 is 15.9 Å². The normalized spacial score (nSPS) is 11.5. The average molecular weight is 413 g/mol. The molecule has 3 rings (SSSR count). The molecule has 3 N–H and O–H groups in total. The summed E-state index contributed by atoms with van der Waals surface area (Å²) in [5, 5.41) is 7.95. The van der Waals surface area contributed by atoms with Gasteiger partial charge in [-0.1, -0.05) is 42.5 Å². The van der Waals surface area contributed by atoms with Crippen LogP contribution >= 0.6 is 0 Å². The van der Waals surface area contributed by atoms with Gasteiger partial charge in [0.25, 0.3) is 0 Å². The molecule has 152 valence electrons. The van der Waals surface area contributed by atoms with Crippen molar-refractivity contribution < 1.29 is 17.6 Å². The van der Waals surface area contributed by atoms with Gasteiger partial charge >= 0.3 is 0 Å². The maximum Gasteiger partial charge on any atom is 0.238 e. The number of rotatable bonds is 9. The van der Waals surface area contributed by atoms with E-state index in [2.05, 4.69) is 5.32 Å². The second-order valence-electron chi connectivity index (χ2n) is 6.68. The minimum atomic E-state index is -3.72. The number of primary sulfonamides is 1. The number of carbonyl (C=O) groups is 1. The first-order chi connectivity index (χ1) is 13.9. The Hall–Kier alpha value is -2.94. The number of benzene rings is 2. The van der Waals surface area contributed by atoms with Crippen LogP contribution in [0.15, 0.2) is 82.3 Å². The Balaban J connectivity index is 1.58. The number of amides is 1. The molecule has 1 amide bonds. The van der Waals surface area contributed by atoms with Gasteiger partial charge in [-0.3, -0.25) is 9.69 Å². The summed E-state index contributed by atoms with van der Waals surface area (Å²) in [4.78, 5) is 14.5. The van der Waals surface area contributed by atoms with E-state index in [1.54, 1.807) is 18.4 Å². The van der Waals surface area contributed by atoms with Gasteiger partial charge in [0.2, 0.25) is 15.9 Å². The van der Waals surface area contributed by atoms with E-state index in [0.29, 0.717) is 19.6 Å². The number of sulfonamides is 1. The average Bonchev–Trinajstić information content (AvgIpc) is 3.20. The van der Waals surface area contributed by atoms with Gasteiger partial charge < -0.3 is 9.73 Å². The standard InChI is InChI=1S/C21H23N3O4S/c22-29(26,27)20-10-8-17(9-11-20)13-23-21(25)16-24(15-19-7-4-12-28-19)14-18-5-2-1-3-6-18/h1-12H,13-16H2,(H,23,25)(H2,22,26,27). The van der Waals surface area contributed by atoms with Crippen LogP contribution < -0.4 is 10.5 Å². The van der Waals surface area contributed by atoms with E-state index in [1.165, 1.54) is 12.1 Å². The third kappa shape index (κ3) is 6.56. The Kier molecular flexibility index (Phi) is 6.82. The predicted octanol–water partition coefficient (Wildman–Crippen LogP) is 2.25. The summed E-state index contributed by atoms with van der Waals surface area (Å²) in [6, 6.07) is 19.7. The monoisotopic (exact) mass is 413 g/mol. The molecular weight excluding hydrogens is 390 g/mol. The first-order valence-corrected chi connectivity index (χ1v) is 10.6. The zero-order valence-electron chi connectivity index (χ0n) is 15.8. The maximum atomic E-state index is 12.5. The molecule has 1 aromatic heterocycles. The third-order valence-corrected chi connectivity index (χ3v) is 5.25. The molecular formula is C21H23N3O4S. The second-order valence-corrected chi connectivity index (χ2v) is 8.24. The molecule has 0 unspecified atom stereocenters. The lowest BCUT2D eigenvalue weighted by atomic mass is 10.2. The van der Waals surface area contributed by atoms with Crippen molar-refractivity contribution in [1.29, 1.82) is 0 Å². The van der Waals surface area contributed by atoms with Crippen molar-refractivity contribution in [2.24, 2.45) is 5.14 Å². The fourth-order valence-electron chi connectivity index (χ4n) is 2.89. The van der Waals surface area contributed by atoms with Gasteiger partial charge in [0.05, 0.1) is 24.2 Å². The highest BCUT2D eigenvalue weighted by molar-refractivity contribution is 7.89. The Labute approximate surface area is 170 Å². The minimum absolute atomic E-state index is 0.0417. The first-order valence-electron chi connectivity index (χ1n) is 9.07. The highest BCUT2D eigenvalue weighted by Gasteiger charge is 2.14. The molecule has 8 heteroatoms. The van der Waals surface area contributed by atoms with Gasteiger partial charge in [0.1, 0.15) is 5.76 Å². The number of hydrogen-bond donors (Lipinski definition) is 2. The van der Waals surface area contributed by atoms with Crippen LogP contribution in [-0.4, -0.2) is 25.8 Å². The molecule has 0 atom stereocenters. The molecule has 0 bridgehead atoms. The van der Waals surface area contributed by atoms with E-state index in [1.807, 2.05) is 47.4 Å². The Morgan fingerprint density at radius 3 is 2.28 bits per heavy atom. The van der Waals surface area contributed by atoms with Crippen LogP contribution in [0, 0.1) is 0 Å². The molecule has 0 saturated carbocycles. The molecule has 3 aromatic rings. The highest BCUT2D eigenvalue weighted by Crippen LogP contribution is 2.11. The fourth-order valence-corrected chi connectivity index (χ4v) is 3.40. The van der Waals surface area contributed by atoms with Crippen molar-refractivity contribution in [1.82, 2.24) is 10.2 Å². The maximum absolute atomic E-state index is 12.5. The summed E-state index contributed by atoms with van der Waals surface area (Å²) in [7, 11) is -3.72. The quantitative estimate of drug-likeness (QED) is 0.560. The van der Waals surface area contributed by atoms with Gasteiger partial charge in [-0.25, -0.2) is 13.6 Å². The van der Waals surface area contributed by atoms with Gasteiger partial charge in [0.15, 0.2) is 0 Å². The predicted molar refractivity (Wildman–Crippen MR) is 109 cm³/mol. The van der Waals surface area contributed by atoms with E-state index in [9.17, 15) is 13.2 Å². The van der Waals surface area contributed by atoms with Crippen LogP contribution in [0.25, 0.3) is 0 Å². The van der Waals surface area contributed by atoms with Crippen LogP contribution in [0.5, 0.6) is 0 Å². The van der Waals surface area contributed by atoms with Crippen molar-refractivity contribution in [3.05, 3.63) is 89.9 Å². The van der Waals surface area contributed by atoms with E-state index in [0.717, 1.165) is 16.9 Å². The number of carbonyl (C=O) groups excluding carboxylic acids is 1. The van der Waals surface area contributed by atoms with Gasteiger partial charge in [-0.2, -0.15) is 0 Å². The van der Waals surface area contributed by atoms with Crippen LogP contribution in [-0.2, 0) is 34.5 Å². The highest BCUT2D eigenvalue weighted by atomic mass is 32.2. The summed E-state index contributed by atoms with van der Waals surface area (Å²) in [5.74, 6) is 0.648. The number of nitrogens with one attached hydrogen (secondary N) is 1. The summed E-state index contributed by atoms with van der Waals surface area (Å²) in [5.41, 5.74) is 1.89. The van der Waals surface area contributed by atoms with Crippen LogP contribution in [0.3, 0.4) is 0 Å². The zero-order chi connectivity index (χ0) is 20.7. The van der Waals surface area contributed by atoms with Gasteiger partial charge in [-0.05, 0) is 35.4 Å². The second kappa shape index (κ2) is 9.51. The van der Waals surface area contributed by atoms with E-state index < -0.39 is 10.0 Å². The SMILES string of the molecule is NS(=O)(=O)c1ccc(CNC(=O)CN(Cc2ccccc2)Cc2ccco2)cc1. The molecule has 0 spiro atoms. The molecule has 0 saturated heterocycles. The molecule has 0 aliphatic rings. The summed E-state index contributed by atoms with van der Waals surface area (Å²) < 4.78 is 28.0. The number of nitrogens with zero attached hydrogens (tertiary/aromatic N) is 1. The molecule has 0 radical (unpaired) electrons. The topological polar surface area (TPSA) is 106 Å². The number of nitrogens with two attached hydrogens (primary N) is 1. The Bertz CT molecular complexity index is 1020. The molecule has 1 heterocycles. The van der Waals surface area contributed by atoms with Crippen molar-refractivity contribution in [3.8, 4) is 0 Å². The largest absolute Gasteiger partial charge is 0.468 e. The van der Waals surface area contributed by atoms with Gasteiger partial charge in [-0.15, -0.1) is 0 Å². The molecule has 29 heavy (non-hydrogen) atoms. The van der Waals surface area contributed by atoms with E-state index >= 15 is 0 Å².